The number of aldehydes is 1. The molecule has 0 spiro atoms. The van der Waals surface area contributed by atoms with Gasteiger partial charge >= 0.3 is 0 Å². The smallest absolute Gasteiger partial charge is 0.119 e. The lowest BCUT2D eigenvalue weighted by Gasteiger charge is -1.99. The van der Waals surface area contributed by atoms with Gasteiger partial charge in [0.1, 0.15) is 6.29 Å². The number of hydrogen-bond donors (Lipinski definition) is 0. The molecule has 0 N–H and O–H groups in total. The zero-order chi connectivity index (χ0) is 14.0. The molecule has 0 aliphatic rings. The van der Waals surface area contributed by atoms with Gasteiger partial charge in [0.25, 0.3) is 0 Å². The highest BCUT2D eigenvalue weighted by Gasteiger charge is 1.91. The number of rotatable bonds is 13. The van der Waals surface area contributed by atoms with Gasteiger partial charge in [0.2, 0.25) is 0 Å². The summed E-state index contributed by atoms with van der Waals surface area (Å²) in [6, 6.07) is 0. The largest absolute Gasteiger partial charge is 0.303 e. The van der Waals surface area contributed by atoms with E-state index in [-0.39, 0.29) is 0 Å². The van der Waals surface area contributed by atoms with Crippen LogP contribution in [0, 0.1) is 11.8 Å². The fraction of sp³-hybridized carbons (Fsp3) is 0.833. The predicted molar refractivity (Wildman–Crippen MR) is 84.2 cm³/mol. The second kappa shape index (κ2) is 17.2. The average molecular weight is 264 g/mol. The van der Waals surface area contributed by atoms with Crippen molar-refractivity contribution in [1.82, 2.24) is 0 Å². The minimum Gasteiger partial charge on any atom is -0.303 e. The number of unbranched alkanes of at least 4 members (excludes halogenated alkanes) is 12. The SMILES string of the molecule is CCCCCCC#CCCCCCCCCCC=O. The van der Waals surface area contributed by atoms with E-state index in [0.717, 1.165) is 32.0 Å². The molecule has 0 radical (unpaired) electrons. The molecule has 0 atom stereocenters. The first-order valence-electron chi connectivity index (χ1n) is 8.31. The average Bonchev–Trinajstić information content (AvgIpc) is 2.43. The van der Waals surface area contributed by atoms with Gasteiger partial charge in [0.15, 0.2) is 0 Å². The topological polar surface area (TPSA) is 17.1 Å². The van der Waals surface area contributed by atoms with Crippen molar-refractivity contribution in [2.75, 3.05) is 0 Å². The molecule has 1 heteroatoms. The molecule has 110 valence electrons. The van der Waals surface area contributed by atoms with Gasteiger partial charge < -0.3 is 4.79 Å². The second-order valence-corrected chi connectivity index (χ2v) is 5.34. The Labute approximate surface area is 120 Å². The Morgan fingerprint density at radius 3 is 1.68 bits per heavy atom. The summed E-state index contributed by atoms with van der Waals surface area (Å²) in [5.74, 6) is 6.58. The molecule has 0 fully saturated rings. The van der Waals surface area contributed by atoms with E-state index in [4.69, 9.17) is 0 Å². The van der Waals surface area contributed by atoms with Crippen LogP contribution >= 0.6 is 0 Å². The summed E-state index contributed by atoms with van der Waals surface area (Å²) in [5.41, 5.74) is 0. The van der Waals surface area contributed by atoms with Crippen molar-refractivity contribution in [2.45, 2.75) is 96.8 Å². The van der Waals surface area contributed by atoms with Crippen LogP contribution in [0.4, 0.5) is 0 Å². The van der Waals surface area contributed by atoms with Gasteiger partial charge in [0, 0.05) is 19.3 Å². The van der Waals surface area contributed by atoms with Gasteiger partial charge in [0.05, 0.1) is 0 Å². The van der Waals surface area contributed by atoms with Crippen molar-refractivity contribution in [3.8, 4) is 11.8 Å². The van der Waals surface area contributed by atoms with Gasteiger partial charge in [-0.3, -0.25) is 0 Å². The molecule has 0 unspecified atom stereocenters. The third kappa shape index (κ3) is 17.2. The van der Waals surface area contributed by atoms with Crippen molar-refractivity contribution < 1.29 is 4.79 Å². The van der Waals surface area contributed by atoms with Crippen molar-refractivity contribution in [3.63, 3.8) is 0 Å². The summed E-state index contributed by atoms with van der Waals surface area (Å²) in [7, 11) is 0. The monoisotopic (exact) mass is 264 g/mol. The first-order chi connectivity index (χ1) is 9.41. The van der Waals surface area contributed by atoms with E-state index >= 15 is 0 Å². The Morgan fingerprint density at radius 2 is 1.16 bits per heavy atom. The summed E-state index contributed by atoms with van der Waals surface area (Å²) < 4.78 is 0. The fourth-order valence-electron chi connectivity index (χ4n) is 2.14. The quantitative estimate of drug-likeness (QED) is 0.238. The lowest BCUT2D eigenvalue weighted by atomic mass is 10.1. The van der Waals surface area contributed by atoms with Gasteiger partial charge in [-0.1, -0.05) is 58.3 Å². The van der Waals surface area contributed by atoms with Gasteiger partial charge in [-0.2, -0.15) is 0 Å². The van der Waals surface area contributed by atoms with Crippen LogP contribution in [0.25, 0.3) is 0 Å². The summed E-state index contributed by atoms with van der Waals surface area (Å²) in [5, 5.41) is 0. The summed E-state index contributed by atoms with van der Waals surface area (Å²) in [6.07, 6.45) is 18.1. The number of hydrogen-bond acceptors (Lipinski definition) is 1. The van der Waals surface area contributed by atoms with Crippen molar-refractivity contribution in [3.05, 3.63) is 0 Å². The van der Waals surface area contributed by atoms with E-state index < -0.39 is 0 Å². The summed E-state index contributed by atoms with van der Waals surface area (Å²) in [4.78, 5) is 10.1. The van der Waals surface area contributed by atoms with E-state index in [2.05, 4.69) is 18.8 Å². The molecule has 0 aliphatic carbocycles. The standard InChI is InChI=1S/C18H32O/c1-2-3-4-5-6-7-8-9-10-11-12-13-14-15-16-17-18-19/h18H,2-6,9-17H2,1H3. The highest BCUT2D eigenvalue weighted by molar-refractivity contribution is 5.48. The van der Waals surface area contributed by atoms with Crippen LogP contribution in [0.1, 0.15) is 96.8 Å². The zero-order valence-electron chi connectivity index (χ0n) is 12.9. The lowest BCUT2D eigenvalue weighted by molar-refractivity contribution is -0.107. The lowest BCUT2D eigenvalue weighted by Crippen LogP contribution is -1.81. The molecule has 19 heavy (non-hydrogen) atoms. The highest BCUT2D eigenvalue weighted by atomic mass is 16.1. The molecule has 0 aromatic carbocycles. The molecule has 0 aliphatic heterocycles. The molecule has 0 amide bonds. The van der Waals surface area contributed by atoms with Crippen LogP contribution < -0.4 is 0 Å². The molecule has 0 bridgehead atoms. The Morgan fingerprint density at radius 1 is 0.684 bits per heavy atom. The molecule has 0 heterocycles. The van der Waals surface area contributed by atoms with E-state index in [1.807, 2.05) is 0 Å². The normalized spacial score (nSPS) is 9.95. The Kier molecular flexibility index (Phi) is 16.5. The van der Waals surface area contributed by atoms with Gasteiger partial charge in [-0.05, 0) is 19.3 Å². The Balaban J connectivity index is 3.05. The zero-order valence-corrected chi connectivity index (χ0v) is 12.9. The maximum atomic E-state index is 10.1. The van der Waals surface area contributed by atoms with E-state index in [0.29, 0.717) is 0 Å². The number of carbonyl (C=O) groups is 1. The molecular formula is C18H32O. The van der Waals surface area contributed by atoms with Crippen molar-refractivity contribution >= 4 is 6.29 Å². The minimum atomic E-state index is 0.744. The third-order valence-electron chi connectivity index (χ3n) is 3.40. The van der Waals surface area contributed by atoms with E-state index in [1.54, 1.807) is 0 Å². The molecule has 0 saturated carbocycles. The minimum absolute atomic E-state index is 0.744. The van der Waals surface area contributed by atoms with Crippen LogP contribution in [0.5, 0.6) is 0 Å². The number of carbonyl (C=O) groups excluding carboxylic acids is 1. The maximum absolute atomic E-state index is 10.1. The Bertz CT molecular complexity index is 234. The molecular weight excluding hydrogens is 232 g/mol. The van der Waals surface area contributed by atoms with Crippen LogP contribution in [0.15, 0.2) is 0 Å². The predicted octanol–water partition coefficient (Wildman–Crippen LogP) is 5.67. The molecule has 0 saturated heterocycles. The third-order valence-corrected chi connectivity index (χ3v) is 3.40. The van der Waals surface area contributed by atoms with Crippen LogP contribution in [0.3, 0.4) is 0 Å². The van der Waals surface area contributed by atoms with Crippen LogP contribution in [0.2, 0.25) is 0 Å². The molecule has 0 rings (SSSR count). The van der Waals surface area contributed by atoms with Crippen LogP contribution in [-0.2, 0) is 4.79 Å². The maximum Gasteiger partial charge on any atom is 0.119 e. The van der Waals surface area contributed by atoms with Crippen molar-refractivity contribution in [1.29, 1.82) is 0 Å². The first kappa shape index (κ1) is 18.2. The highest BCUT2D eigenvalue weighted by Crippen LogP contribution is 2.09. The van der Waals surface area contributed by atoms with Crippen molar-refractivity contribution in [2.24, 2.45) is 0 Å². The van der Waals surface area contributed by atoms with E-state index in [1.165, 1.54) is 64.2 Å². The molecule has 0 aromatic rings. The molecule has 0 aromatic heterocycles. The summed E-state index contributed by atoms with van der Waals surface area (Å²) >= 11 is 0. The Hall–Kier alpha value is -0.770. The van der Waals surface area contributed by atoms with Gasteiger partial charge in [-0.25, -0.2) is 0 Å². The van der Waals surface area contributed by atoms with Gasteiger partial charge in [-0.15, -0.1) is 11.8 Å². The second-order valence-electron chi connectivity index (χ2n) is 5.34. The fourth-order valence-corrected chi connectivity index (χ4v) is 2.14. The van der Waals surface area contributed by atoms with Crippen LogP contribution in [-0.4, -0.2) is 6.29 Å². The van der Waals surface area contributed by atoms with E-state index in [9.17, 15) is 4.79 Å². The summed E-state index contributed by atoms with van der Waals surface area (Å²) in [6.45, 7) is 2.24. The first-order valence-corrected chi connectivity index (χ1v) is 8.31. The molecule has 1 nitrogen and oxygen atoms in total.